The summed E-state index contributed by atoms with van der Waals surface area (Å²) in [4.78, 5) is 0. The zero-order valence-electron chi connectivity index (χ0n) is 5.20. The third kappa shape index (κ3) is 0.874. The van der Waals surface area contributed by atoms with Crippen molar-refractivity contribution in [3.05, 3.63) is 24.2 Å². The molecular weight excluding hydrogens is 132 g/mol. The Balaban J connectivity index is 2.18. The molecule has 1 saturated heterocycles. The van der Waals surface area contributed by atoms with Gasteiger partial charge >= 0.3 is 0 Å². The average Bonchev–Trinajstić information content (AvgIpc) is 2.44. The van der Waals surface area contributed by atoms with Gasteiger partial charge in [-0.05, 0) is 6.07 Å². The van der Waals surface area contributed by atoms with Gasteiger partial charge < -0.3 is 4.42 Å². The first-order valence-corrected chi connectivity index (χ1v) is 4.00. The van der Waals surface area contributed by atoms with E-state index in [2.05, 4.69) is 6.92 Å². The maximum absolute atomic E-state index is 4.95. The zero-order chi connectivity index (χ0) is 6.27. The number of hydrogen-bond donors (Lipinski definition) is 0. The van der Waals surface area contributed by atoms with Crippen LogP contribution in [0.1, 0.15) is 17.7 Å². The fourth-order valence-electron chi connectivity index (χ4n) is 0.972. The Bertz CT molecular complexity index is 193. The van der Waals surface area contributed by atoms with Crippen LogP contribution in [0.25, 0.3) is 0 Å². The highest BCUT2D eigenvalue weighted by Crippen LogP contribution is 2.54. The van der Waals surface area contributed by atoms with E-state index in [-0.39, 0.29) is 0 Å². The standard InChI is InChI=1S/C7H8OS/c1-5-7(9-5)6-2-3-8-4-6/h2-5,7H,1H3. The molecule has 9 heavy (non-hydrogen) atoms. The molecule has 1 fully saturated rings. The molecule has 0 aromatic carbocycles. The van der Waals surface area contributed by atoms with Gasteiger partial charge in [-0.15, -0.1) is 11.8 Å². The van der Waals surface area contributed by atoms with Crippen molar-refractivity contribution < 1.29 is 4.42 Å². The van der Waals surface area contributed by atoms with E-state index in [1.807, 2.05) is 24.1 Å². The molecule has 2 heteroatoms. The zero-order valence-corrected chi connectivity index (χ0v) is 6.02. The molecule has 2 heterocycles. The summed E-state index contributed by atoms with van der Waals surface area (Å²) in [5.74, 6) is 0. The highest BCUT2D eigenvalue weighted by atomic mass is 32.2. The van der Waals surface area contributed by atoms with Crippen molar-refractivity contribution in [1.29, 1.82) is 0 Å². The molecule has 1 aromatic rings. The maximum atomic E-state index is 4.95. The number of thioether (sulfide) groups is 1. The lowest BCUT2D eigenvalue weighted by Crippen LogP contribution is -1.76. The molecule has 0 bridgehead atoms. The summed E-state index contributed by atoms with van der Waals surface area (Å²) in [5, 5.41) is 1.53. The highest BCUT2D eigenvalue weighted by molar-refractivity contribution is 8.07. The molecule has 2 rings (SSSR count). The topological polar surface area (TPSA) is 13.1 Å². The summed E-state index contributed by atoms with van der Waals surface area (Å²) < 4.78 is 4.95. The summed E-state index contributed by atoms with van der Waals surface area (Å²) in [7, 11) is 0. The second kappa shape index (κ2) is 1.81. The lowest BCUT2D eigenvalue weighted by Gasteiger charge is -1.82. The predicted molar refractivity (Wildman–Crippen MR) is 38.5 cm³/mol. The SMILES string of the molecule is CC1SC1c1ccoc1. The Morgan fingerprint density at radius 1 is 1.67 bits per heavy atom. The molecule has 2 atom stereocenters. The van der Waals surface area contributed by atoms with E-state index in [9.17, 15) is 0 Å². The Morgan fingerprint density at radius 3 is 2.89 bits per heavy atom. The van der Waals surface area contributed by atoms with Crippen molar-refractivity contribution in [3.8, 4) is 0 Å². The van der Waals surface area contributed by atoms with Crippen LogP contribution in [-0.2, 0) is 0 Å². The largest absolute Gasteiger partial charge is 0.472 e. The number of furan rings is 1. The predicted octanol–water partition coefficient (Wildman–Crippen LogP) is 2.46. The van der Waals surface area contributed by atoms with Gasteiger partial charge in [0.2, 0.25) is 0 Å². The van der Waals surface area contributed by atoms with Crippen LogP contribution in [0, 0.1) is 0 Å². The Labute approximate surface area is 58.4 Å². The lowest BCUT2D eigenvalue weighted by atomic mass is 10.2. The van der Waals surface area contributed by atoms with Crippen molar-refractivity contribution >= 4 is 11.8 Å². The molecule has 0 aliphatic carbocycles. The summed E-state index contributed by atoms with van der Waals surface area (Å²) in [6.07, 6.45) is 3.57. The number of hydrogen-bond acceptors (Lipinski definition) is 2. The molecule has 0 N–H and O–H groups in total. The summed E-state index contributed by atoms with van der Waals surface area (Å²) in [5.41, 5.74) is 1.34. The molecule has 1 nitrogen and oxygen atoms in total. The normalized spacial score (nSPS) is 32.6. The monoisotopic (exact) mass is 140 g/mol. The van der Waals surface area contributed by atoms with Gasteiger partial charge in [0.1, 0.15) is 0 Å². The van der Waals surface area contributed by atoms with Crippen LogP contribution >= 0.6 is 11.8 Å². The minimum Gasteiger partial charge on any atom is -0.472 e. The van der Waals surface area contributed by atoms with Gasteiger partial charge in [-0.25, -0.2) is 0 Å². The van der Waals surface area contributed by atoms with Gasteiger partial charge in [0, 0.05) is 16.1 Å². The van der Waals surface area contributed by atoms with Crippen LogP contribution in [-0.4, -0.2) is 5.25 Å². The molecule has 0 saturated carbocycles. The van der Waals surface area contributed by atoms with Gasteiger partial charge in [0.05, 0.1) is 12.5 Å². The van der Waals surface area contributed by atoms with E-state index < -0.39 is 0 Å². The minimum atomic E-state index is 0.726. The van der Waals surface area contributed by atoms with Crippen molar-refractivity contribution in [1.82, 2.24) is 0 Å². The van der Waals surface area contributed by atoms with Crippen LogP contribution in [0.3, 0.4) is 0 Å². The van der Waals surface area contributed by atoms with Gasteiger partial charge in [-0.3, -0.25) is 0 Å². The Hall–Kier alpha value is -0.370. The van der Waals surface area contributed by atoms with Gasteiger partial charge in [-0.2, -0.15) is 0 Å². The minimum absolute atomic E-state index is 0.726. The van der Waals surface area contributed by atoms with E-state index in [0.29, 0.717) is 0 Å². The number of rotatable bonds is 1. The van der Waals surface area contributed by atoms with E-state index >= 15 is 0 Å². The molecule has 2 unspecified atom stereocenters. The van der Waals surface area contributed by atoms with Gasteiger partial charge in [0.15, 0.2) is 0 Å². The molecule has 0 amide bonds. The fraction of sp³-hybridized carbons (Fsp3) is 0.429. The first-order valence-electron chi connectivity index (χ1n) is 3.05. The van der Waals surface area contributed by atoms with Crippen LogP contribution in [0.5, 0.6) is 0 Å². The van der Waals surface area contributed by atoms with Crippen LogP contribution in [0.15, 0.2) is 23.0 Å². The van der Waals surface area contributed by atoms with Crippen molar-refractivity contribution in [2.75, 3.05) is 0 Å². The molecule has 0 radical (unpaired) electrons. The fourth-order valence-corrected chi connectivity index (χ4v) is 1.79. The Morgan fingerprint density at radius 2 is 2.44 bits per heavy atom. The molecule has 48 valence electrons. The van der Waals surface area contributed by atoms with Crippen molar-refractivity contribution in [3.63, 3.8) is 0 Å². The van der Waals surface area contributed by atoms with Gasteiger partial charge in [0.25, 0.3) is 0 Å². The lowest BCUT2D eigenvalue weighted by molar-refractivity contribution is 0.564. The summed E-state index contributed by atoms with van der Waals surface area (Å²) in [6, 6.07) is 2.04. The molecule has 1 aliphatic heterocycles. The summed E-state index contributed by atoms with van der Waals surface area (Å²) in [6.45, 7) is 2.24. The first kappa shape index (κ1) is 5.42. The van der Waals surface area contributed by atoms with Crippen LogP contribution in [0.2, 0.25) is 0 Å². The second-order valence-corrected chi connectivity index (χ2v) is 3.84. The molecule has 1 aliphatic rings. The first-order chi connectivity index (χ1) is 4.38. The molecule has 1 aromatic heterocycles. The van der Waals surface area contributed by atoms with Crippen molar-refractivity contribution in [2.45, 2.75) is 17.4 Å². The third-order valence-electron chi connectivity index (χ3n) is 1.58. The summed E-state index contributed by atoms with van der Waals surface area (Å²) >= 11 is 1.99. The maximum Gasteiger partial charge on any atom is 0.0946 e. The Kier molecular flexibility index (Phi) is 1.09. The van der Waals surface area contributed by atoms with Gasteiger partial charge in [-0.1, -0.05) is 6.92 Å². The molecular formula is C7H8OS. The van der Waals surface area contributed by atoms with E-state index in [1.54, 1.807) is 6.26 Å². The van der Waals surface area contributed by atoms with Crippen molar-refractivity contribution in [2.24, 2.45) is 0 Å². The van der Waals surface area contributed by atoms with E-state index in [4.69, 9.17) is 4.42 Å². The van der Waals surface area contributed by atoms with E-state index in [0.717, 1.165) is 10.5 Å². The average molecular weight is 140 g/mol. The third-order valence-corrected chi connectivity index (χ3v) is 2.94. The quantitative estimate of drug-likeness (QED) is 0.556. The van der Waals surface area contributed by atoms with Crippen LogP contribution < -0.4 is 0 Å². The smallest absolute Gasteiger partial charge is 0.0946 e. The molecule has 0 spiro atoms. The van der Waals surface area contributed by atoms with Crippen LogP contribution in [0.4, 0.5) is 0 Å². The second-order valence-electron chi connectivity index (χ2n) is 2.32. The van der Waals surface area contributed by atoms with E-state index in [1.165, 1.54) is 5.56 Å². The highest BCUT2D eigenvalue weighted by Gasteiger charge is 2.35.